The number of carbonyl (C=O) groups excluding carboxylic acids is 4. The number of fused-ring (bicyclic) bond motifs is 1. The topological polar surface area (TPSA) is 117 Å². The third-order valence-electron chi connectivity index (χ3n) is 11.7. The normalized spacial score (nSPS) is 27.4. The summed E-state index contributed by atoms with van der Waals surface area (Å²) in [5, 5.41) is 10.9. The van der Waals surface area contributed by atoms with Gasteiger partial charge in [-0.15, -0.1) is 13.2 Å². The summed E-state index contributed by atoms with van der Waals surface area (Å²) in [6.07, 6.45) is 4.25. The van der Waals surface area contributed by atoms with Gasteiger partial charge in [0.15, 0.2) is 0 Å². The molecule has 1 unspecified atom stereocenters. The Balaban J connectivity index is 1.81. The average Bonchev–Trinajstić information content (AvgIpc) is 3.70. The van der Waals surface area contributed by atoms with E-state index in [-0.39, 0.29) is 53.5 Å². The lowest BCUT2D eigenvalue weighted by Crippen LogP contribution is -2.63. The molecule has 1 spiro atoms. The molecule has 2 bridgehead atoms. The van der Waals surface area contributed by atoms with Crippen molar-refractivity contribution in [3.05, 3.63) is 61.2 Å². The number of likely N-dealkylation sites (tertiary alicyclic amines) is 1. The molecule has 0 saturated carbocycles. The molecule has 3 saturated heterocycles. The number of benzene rings is 1. The summed E-state index contributed by atoms with van der Waals surface area (Å²) in [7, 11) is 1.69. The average molecular weight is 801 g/mol. The standard InChI is InChI=1S/C42H62BrN3O7/c1-12-15-21-31(48)44(11)27(5)34(28-19-17-16-18-20-28)52-39(51)32-33-37(49)46(30(24-47)26(4)14-3)36(42(33)23-29(43)35(32)53-42)38(50)45(22-13-2)41(9,10)25-40(6,7)8/h12-13,16-20,26-27,29-30,32-36,47H,1-2,14-15,21-25H2,3-11H3/t26-,27+,29?,30-,32-,33+,34-,35-,36-,42+/m0/s1. The minimum atomic E-state index is -1.35. The first-order valence-corrected chi connectivity index (χ1v) is 20.0. The zero-order valence-corrected chi connectivity index (χ0v) is 34.8. The largest absolute Gasteiger partial charge is 0.455 e. The zero-order valence-electron chi connectivity index (χ0n) is 33.2. The summed E-state index contributed by atoms with van der Waals surface area (Å²) in [5.74, 6) is -3.62. The fraction of sp³-hybridized carbons (Fsp3) is 0.667. The number of rotatable bonds is 17. The van der Waals surface area contributed by atoms with Crippen molar-refractivity contribution >= 4 is 39.6 Å². The van der Waals surface area contributed by atoms with Gasteiger partial charge < -0.3 is 29.3 Å². The molecule has 1 N–H and O–H groups in total. The lowest BCUT2D eigenvalue weighted by atomic mass is 9.70. The van der Waals surface area contributed by atoms with Crippen LogP contribution in [0.3, 0.4) is 0 Å². The highest BCUT2D eigenvalue weighted by atomic mass is 79.9. The molecule has 53 heavy (non-hydrogen) atoms. The van der Waals surface area contributed by atoms with E-state index >= 15 is 9.59 Å². The van der Waals surface area contributed by atoms with Gasteiger partial charge in [0.25, 0.3) is 0 Å². The van der Waals surface area contributed by atoms with Crippen LogP contribution in [0.15, 0.2) is 55.6 Å². The number of esters is 1. The van der Waals surface area contributed by atoms with Gasteiger partial charge in [-0.2, -0.15) is 0 Å². The third-order valence-corrected chi connectivity index (χ3v) is 12.6. The van der Waals surface area contributed by atoms with Gasteiger partial charge in [-0.05, 0) is 56.9 Å². The van der Waals surface area contributed by atoms with Crippen molar-refractivity contribution in [2.45, 2.75) is 134 Å². The first-order valence-electron chi connectivity index (χ1n) is 19.1. The Bertz CT molecular complexity index is 1510. The molecule has 3 heterocycles. The number of hydrogen-bond acceptors (Lipinski definition) is 7. The molecule has 4 rings (SSSR count). The van der Waals surface area contributed by atoms with E-state index in [4.69, 9.17) is 9.47 Å². The van der Waals surface area contributed by atoms with E-state index in [0.717, 1.165) is 0 Å². The number of ether oxygens (including phenoxy) is 2. The van der Waals surface area contributed by atoms with Crippen molar-refractivity contribution in [2.24, 2.45) is 23.2 Å². The van der Waals surface area contributed by atoms with Gasteiger partial charge in [0.2, 0.25) is 17.7 Å². The van der Waals surface area contributed by atoms with Gasteiger partial charge >= 0.3 is 5.97 Å². The molecule has 1 aromatic carbocycles. The predicted molar refractivity (Wildman–Crippen MR) is 210 cm³/mol. The fourth-order valence-electron chi connectivity index (χ4n) is 9.22. The van der Waals surface area contributed by atoms with E-state index < -0.39 is 59.3 Å². The molecule has 1 aromatic rings. The quantitative estimate of drug-likeness (QED) is 0.109. The van der Waals surface area contributed by atoms with Crippen molar-refractivity contribution in [2.75, 3.05) is 20.2 Å². The van der Waals surface area contributed by atoms with Crippen molar-refractivity contribution in [1.82, 2.24) is 14.7 Å². The molecular weight excluding hydrogens is 738 g/mol. The van der Waals surface area contributed by atoms with Gasteiger partial charge in [-0.1, -0.05) is 99.5 Å². The highest BCUT2D eigenvalue weighted by Crippen LogP contribution is 2.61. The second kappa shape index (κ2) is 16.8. The summed E-state index contributed by atoms with van der Waals surface area (Å²) in [6, 6.07) is 6.95. The summed E-state index contributed by atoms with van der Waals surface area (Å²) in [5.41, 5.74) is -1.39. The van der Waals surface area contributed by atoms with E-state index in [1.807, 2.05) is 65.0 Å². The number of aliphatic hydroxyl groups excluding tert-OH is 1. The van der Waals surface area contributed by atoms with E-state index in [1.165, 1.54) is 0 Å². The van der Waals surface area contributed by atoms with Crippen LogP contribution in [0.4, 0.5) is 0 Å². The SMILES string of the molecule is C=CCCC(=O)N(C)[C@H](C)[C@H](OC(=O)[C@@H]1[C@H]2O[C@@]3(CC2Br)[C@H](C(=O)N(CC=C)C(C)(C)CC(C)(C)C)N([C@@H](CO)[C@@H](C)CC)C(=O)[C@@H]13)c1ccccc1. The minimum absolute atomic E-state index is 0.112. The summed E-state index contributed by atoms with van der Waals surface area (Å²) in [6.45, 7) is 23.8. The molecule has 11 heteroatoms. The first-order chi connectivity index (χ1) is 24.8. The Morgan fingerprint density at radius 2 is 1.77 bits per heavy atom. The van der Waals surface area contributed by atoms with Crippen molar-refractivity contribution in [1.29, 1.82) is 0 Å². The maximum Gasteiger partial charge on any atom is 0.313 e. The molecule has 294 valence electrons. The Morgan fingerprint density at radius 1 is 1.13 bits per heavy atom. The number of alkyl halides is 1. The van der Waals surface area contributed by atoms with Crippen LogP contribution in [0.25, 0.3) is 0 Å². The first kappa shape index (κ1) is 42.7. The van der Waals surface area contributed by atoms with Crippen LogP contribution in [0.1, 0.15) is 99.2 Å². The lowest BCUT2D eigenvalue weighted by molar-refractivity contribution is -0.165. The number of hydrogen-bond donors (Lipinski definition) is 1. The molecule has 10 atom stereocenters. The smallest absolute Gasteiger partial charge is 0.313 e. The van der Waals surface area contributed by atoms with E-state index in [9.17, 15) is 14.7 Å². The van der Waals surface area contributed by atoms with Crippen LogP contribution < -0.4 is 0 Å². The molecular formula is C42H62BrN3O7. The maximum atomic E-state index is 15.3. The highest BCUT2D eigenvalue weighted by Gasteiger charge is 2.78. The summed E-state index contributed by atoms with van der Waals surface area (Å²) in [4.78, 5) is 62.7. The van der Waals surface area contributed by atoms with Crippen molar-refractivity contribution < 1.29 is 33.8 Å². The molecule has 0 aromatic heterocycles. The summed E-state index contributed by atoms with van der Waals surface area (Å²) < 4.78 is 13.3. The van der Waals surface area contributed by atoms with Crippen LogP contribution in [0.5, 0.6) is 0 Å². The molecule has 3 aliphatic heterocycles. The molecule has 10 nitrogen and oxygen atoms in total. The van der Waals surface area contributed by atoms with Crippen molar-refractivity contribution in [3.8, 4) is 0 Å². The van der Waals surface area contributed by atoms with Gasteiger partial charge in [0.1, 0.15) is 17.7 Å². The van der Waals surface area contributed by atoms with E-state index in [2.05, 4.69) is 49.9 Å². The number of allylic oxidation sites excluding steroid dienone is 1. The van der Waals surface area contributed by atoms with Crippen LogP contribution in [0.2, 0.25) is 0 Å². The van der Waals surface area contributed by atoms with Crippen molar-refractivity contribution in [3.63, 3.8) is 0 Å². The predicted octanol–water partition coefficient (Wildman–Crippen LogP) is 6.47. The zero-order chi connectivity index (χ0) is 39.6. The van der Waals surface area contributed by atoms with Gasteiger partial charge in [0.05, 0.1) is 36.6 Å². The number of likely N-dealkylation sites (N-methyl/N-ethyl adjacent to an activating group) is 1. The van der Waals surface area contributed by atoms with E-state index in [1.54, 1.807) is 33.9 Å². The lowest BCUT2D eigenvalue weighted by Gasteiger charge is -2.47. The minimum Gasteiger partial charge on any atom is -0.455 e. The molecule has 3 amide bonds. The fourth-order valence-corrected chi connectivity index (χ4v) is 10.2. The number of aliphatic hydroxyl groups is 1. The Labute approximate surface area is 325 Å². The molecule has 3 aliphatic rings. The maximum absolute atomic E-state index is 15.3. The van der Waals surface area contributed by atoms with Gasteiger partial charge in [-0.3, -0.25) is 19.2 Å². The van der Waals surface area contributed by atoms with Gasteiger partial charge in [0, 0.05) is 30.4 Å². The second-order valence-electron chi connectivity index (χ2n) is 17.2. The van der Waals surface area contributed by atoms with Crippen LogP contribution in [0, 0.1) is 23.2 Å². The van der Waals surface area contributed by atoms with E-state index in [0.29, 0.717) is 31.2 Å². The Kier molecular flexibility index (Phi) is 13.5. The Hall–Kier alpha value is -3.02. The van der Waals surface area contributed by atoms with Crippen LogP contribution in [-0.4, -0.2) is 104 Å². The number of amides is 3. The van der Waals surface area contributed by atoms with Crippen LogP contribution in [-0.2, 0) is 28.7 Å². The monoisotopic (exact) mass is 799 g/mol. The second-order valence-corrected chi connectivity index (χ2v) is 18.3. The molecule has 0 radical (unpaired) electrons. The van der Waals surface area contributed by atoms with Crippen LogP contribution >= 0.6 is 15.9 Å². The number of nitrogens with zero attached hydrogens (tertiary/aromatic N) is 3. The number of carbonyl (C=O) groups is 4. The third kappa shape index (κ3) is 8.32. The molecule has 0 aliphatic carbocycles. The highest BCUT2D eigenvalue weighted by molar-refractivity contribution is 9.09. The Morgan fingerprint density at radius 3 is 2.32 bits per heavy atom. The molecule has 3 fully saturated rings. The van der Waals surface area contributed by atoms with Gasteiger partial charge in [-0.25, -0.2) is 0 Å². The number of halogens is 1. The summed E-state index contributed by atoms with van der Waals surface area (Å²) >= 11 is 3.79.